The van der Waals surface area contributed by atoms with Crippen LogP contribution in [0.15, 0.2) is 10.6 Å². The first kappa shape index (κ1) is 10.2. The molecule has 1 fully saturated rings. The first-order valence-corrected chi connectivity index (χ1v) is 5.12. The van der Waals surface area contributed by atoms with Crippen LogP contribution in [0.3, 0.4) is 0 Å². The average molecular weight is 236 g/mol. The van der Waals surface area contributed by atoms with Crippen LogP contribution in [0.4, 0.5) is 0 Å². The lowest BCUT2D eigenvalue weighted by Crippen LogP contribution is -2.50. The molecule has 0 amide bonds. The van der Waals surface area contributed by atoms with Gasteiger partial charge in [0.15, 0.2) is 0 Å². The summed E-state index contributed by atoms with van der Waals surface area (Å²) in [5, 5.41) is 0. The van der Waals surface area contributed by atoms with Crippen molar-refractivity contribution < 1.29 is 9.47 Å². The van der Waals surface area contributed by atoms with Crippen LogP contribution in [-0.4, -0.2) is 25.9 Å². The standard InChI is InChI=1S/C9H15BrO2/c1-4-12-8-6(2)7(5-10)9(8)11-3/h5-6,8-9H,4H2,1-3H3/b7-5+/t6-,8+,9+/m1/s1/i5+1. The number of hydrogen-bond donors (Lipinski definition) is 0. The van der Waals surface area contributed by atoms with E-state index in [1.165, 1.54) is 5.57 Å². The van der Waals surface area contributed by atoms with Crippen molar-refractivity contribution >= 4 is 15.9 Å². The van der Waals surface area contributed by atoms with Crippen LogP contribution in [0, 0.1) is 5.92 Å². The molecule has 0 aliphatic heterocycles. The Morgan fingerprint density at radius 2 is 2.25 bits per heavy atom. The first-order valence-electron chi connectivity index (χ1n) is 4.20. The van der Waals surface area contributed by atoms with Crippen LogP contribution in [-0.2, 0) is 9.47 Å². The molecular weight excluding hydrogens is 221 g/mol. The van der Waals surface area contributed by atoms with E-state index in [-0.39, 0.29) is 12.2 Å². The fourth-order valence-corrected chi connectivity index (χ4v) is 2.32. The van der Waals surface area contributed by atoms with Gasteiger partial charge in [0, 0.05) is 19.6 Å². The quantitative estimate of drug-likeness (QED) is 0.700. The Balaban J connectivity index is 2.56. The summed E-state index contributed by atoms with van der Waals surface area (Å²) in [4.78, 5) is 1.95. The number of hydrogen-bond acceptors (Lipinski definition) is 2. The summed E-state index contributed by atoms with van der Waals surface area (Å²) in [5.74, 6) is 0.481. The van der Waals surface area contributed by atoms with Gasteiger partial charge in [0.2, 0.25) is 0 Å². The second kappa shape index (κ2) is 4.40. The smallest absolute Gasteiger partial charge is 0.106 e. The molecule has 70 valence electrons. The maximum Gasteiger partial charge on any atom is 0.106 e. The van der Waals surface area contributed by atoms with Crippen molar-refractivity contribution in [2.75, 3.05) is 13.7 Å². The van der Waals surface area contributed by atoms with Crippen LogP contribution < -0.4 is 0 Å². The number of rotatable bonds is 3. The maximum atomic E-state index is 5.54. The van der Waals surface area contributed by atoms with Crippen molar-refractivity contribution in [1.29, 1.82) is 0 Å². The predicted molar refractivity (Wildman–Crippen MR) is 52.4 cm³/mol. The highest BCUT2D eigenvalue weighted by atomic mass is 79.9. The fraction of sp³-hybridized carbons (Fsp3) is 0.778. The minimum absolute atomic E-state index is 0.152. The van der Waals surface area contributed by atoms with Gasteiger partial charge in [0.05, 0.1) is 6.10 Å². The Morgan fingerprint density at radius 1 is 1.58 bits per heavy atom. The molecular formula is C9H15BrO2. The third-order valence-electron chi connectivity index (χ3n) is 2.38. The highest BCUT2D eigenvalue weighted by Gasteiger charge is 2.43. The minimum atomic E-state index is 0.152. The SMILES string of the molecule is CCO[C@H]1[C@H](C)/C(=[13CH]\Br)[C@@H]1OC. The van der Waals surface area contributed by atoms with E-state index in [4.69, 9.17) is 9.47 Å². The predicted octanol–water partition coefficient (Wildman–Crippen LogP) is 2.33. The lowest BCUT2D eigenvalue weighted by molar-refractivity contribution is -0.102. The molecule has 0 aromatic carbocycles. The summed E-state index contributed by atoms with van der Waals surface area (Å²) >= 11 is 3.33. The molecule has 0 unspecified atom stereocenters. The van der Waals surface area contributed by atoms with Crippen LogP contribution >= 0.6 is 15.9 Å². The van der Waals surface area contributed by atoms with Crippen molar-refractivity contribution in [2.24, 2.45) is 5.92 Å². The second-order valence-electron chi connectivity index (χ2n) is 2.97. The summed E-state index contributed by atoms with van der Waals surface area (Å²) in [7, 11) is 1.72. The Morgan fingerprint density at radius 3 is 2.67 bits per heavy atom. The summed E-state index contributed by atoms with van der Waals surface area (Å²) in [6, 6.07) is 0. The molecule has 1 saturated carbocycles. The molecule has 0 aromatic heterocycles. The topological polar surface area (TPSA) is 18.5 Å². The molecule has 3 atom stereocenters. The summed E-state index contributed by atoms with van der Waals surface area (Å²) in [6.07, 6.45) is 0.392. The fourth-order valence-electron chi connectivity index (χ4n) is 1.64. The number of ether oxygens (including phenoxy) is 2. The van der Waals surface area contributed by atoms with E-state index in [1.54, 1.807) is 7.11 Å². The molecule has 0 heterocycles. The van der Waals surface area contributed by atoms with Gasteiger partial charge in [-0.15, -0.1) is 0 Å². The van der Waals surface area contributed by atoms with E-state index >= 15 is 0 Å². The Hall–Kier alpha value is 0.140. The van der Waals surface area contributed by atoms with Crippen molar-refractivity contribution in [2.45, 2.75) is 26.1 Å². The van der Waals surface area contributed by atoms with Gasteiger partial charge in [-0.3, -0.25) is 0 Å². The second-order valence-corrected chi connectivity index (χ2v) is 3.43. The number of methoxy groups -OCH3 is 1. The van der Waals surface area contributed by atoms with Gasteiger partial charge in [0.1, 0.15) is 6.10 Å². The normalized spacial score (nSPS) is 38.3. The molecule has 0 bridgehead atoms. The van der Waals surface area contributed by atoms with Gasteiger partial charge in [-0.25, -0.2) is 0 Å². The zero-order chi connectivity index (χ0) is 9.14. The molecule has 0 saturated heterocycles. The molecule has 0 aromatic rings. The number of halogens is 1. The third kappa shape index (κ3) is 1.58. The van der Waals surface area contributed by atoms with Gasteiger partial charge in [0.25, 0.3) is 0 Å². The van der Waals surface area contributed by atoms with Crippen LogP contribution in [0.5, 0.6) is 0 Å². The van der Waals surface area contributed by atoms with Crippen LogP contribution in [0.25, 0.3) is 0 Å². The van der Waals surface area contributed by atoms with E-state index in [0.29, 0.717) is 5.92 Å². The zero-order valence-corrected chi connectivity index (χ0v) is 9.30. The van der Waals surface area contributed by atoms with Gasteiger partial charge >= 0.3 is 0 Å². The lowest BCUT2D eigenvalue weighted by atomic mass is 9.77. The molecule has 0 radical (unpaired) electrons. The summed E-state index contributed by atoms with van der Waals surface area (Å²) < 4.78 is 10.8. The van der Waals surface area contributed by atoms with E-state index in [1.807, 2.05) is 11.9 Å². The molecule has 12 heavy (non-hydrogen) atoms. The molecule has 2 nitrogen and oxygen atoms in total. The van der Waals surface area contributed by atoms with Crippen LogP contribution in [0.1, 0.15) is 13.8 Å². The maximum absolute atomic E-state index is 5.54. The summed E-state index contributed by atoms with van der Waals surface area (Å²) in [5.41, 5.74) is 1.29. The lowest BCUT2D eigenvalue weighted by Gasteiger charge is -2.43. The van der Waals surface area contributed by atoms with Gasteiger partial charge < -0.3 is 9.47 Å². The Kier molecular flexibility index (Phi) is 3.75. The van der Waals surface area contributed by atoms with Crippen LogP contribution in [0.2, 0.25) is 0 Å². The largest absolute Gasteiger partial charge is 0.375 e. The minimum Gasteiger partial charge on any atom is -0.375 e. The third-order valence-corrected chi connectivity index (χ3v) is 2.91. The highest BCUT2D eigenvalue weighted by molar-refractivity contribution is 9.11. The van der Waals surface area contributed by atoms with Gasteiger partial charge in [-0.05, 0) is 17.5 Å². The summed E-state index contributed by atoms with van der Waals surface area (Å²) in [6.45, 7) is 4.92. The van der Waals surface area contributed by atoms with Crippen molar-refractivity contribution in [3.8, 4) is 0 Å². The van der Waals surface area contributed by atoms with Gasteiger partial charge in [-0.1, -0.05) is 22.9 Å². The van der Waals surface area contributed by atoms with Gasteiger partial charge in [-0.2, -0.15) is 0 Å². The average Bonchev–Trinajstić information content (AvgIpc) is 2.09. The Bertz CT molecular complexity index is 179. The zero-order valence-electron chi connectivity index (χ0n) is 7.71. The molecule has 1 aliphatic carbocycles. The van der Waals surface area contributed by atoms with Crippen molar-refractivity contribution in [3.05, 3.63) is 10.6 Å². The van der Waals surface area contributed by atoms with E-state index in [0.717, 1.165) is 6.61 Å². The molecule has 1 aliphatic rings. The highest BCUT2D eigenvalue weighted by Crippen LogP contribution is 2.38. The monoisotopic (exact) mass is 235 g/mol. The molecule has 3 heteroatoms. The molecule has 0 spiro atoms. The van der Waals surface area contributed by atoms with E-state index < -0.39 is 0 Å². The molecule has 0 N–H and O–H groups in total. The first-order chi connectivity index (χ1) is 5.76. The van der Waals surface area contributed by atoms with Crippen molar-refractivity contribution in [1.82, 2.24) is 0 Å². The van der Waals surface area contributed by atoms with Crippen molar-refractivity contribution in [3.63, 3.8) is 0 Å². The Labute approximate surface area is 82.1 Å². The van der Waals surface area contributed by atoms with E-state index in [9.17, 15) is 0 Å². The van der Waals surface area contributed by atoms with E-state index in [2.05, 4.69) is 22.9 Å². The molecule has 1 rings (SSSR count).